The fourth-order valence-electron chi connectivity index (χ4n) is 3.62. The minimum Gasteiger partial charge on any atom is -0.374 e. The highest BCUT2D eigenvalue weighted by Crippen LogP contribution is 2.23. The summed E-state index contributed by atoms with van der Waals surface area (Å²) in [6, 6.07) is 1.17. The lowest BCUT2D eigenvalue weighted by atomic mass is 9.90. The lowest BCUT2D eigenvalue weighted by molar-refractivity contribution is -0.0495. The van der Waals surface area contributed by atoms with E-state index in [1.54, 1.807) is 0 Å². The van der Waals surface area contributed by atoms with Gasteiger partial charge in [0, 0.05) is 31.7 Å². The van der Waals surface area contributed by atoms with Gasteiger partial charge in [0.05, 0.1) is 12.7 Å². The summed E-state index contributed by atoms with van der Waals surface area (Å²) in [5, 5.41) is 0. The molecule has 4 heteroatoms. The molecular weight excluding hydrogens is 250 g/mol. The summed E-state index contributed by atoms with van der Waals surface area (Å²) in [5.74, 6) is 0. The lowest BCUT2D eigenvalue weighted by Gasteiger charge is -2.40. The first-order chi connectivity index (χ1) is 9.72. The molecule has 0 bridgehead atoms. The zero-order valence-corrected chi connectivity index (χ0v) is 13.4. The zero-order chi connectivity index (χ0) is 14.4. The first-order valence-corrected chi connectivity index (χ1v) is 8.56. The molecule has 1 saturated carbocycles. The average molecular weight is 283 g/mol. The second kappa shape index (κ2) is 8.32. The minimum atomic E-state index is 0.394. The van der Waals surface area contributed by atoms with Crippen LogP contribution in [0.15, 0.2) is 0 Å². The summed E-state index contributed by atoms with van der Waals surface area (Å²) in [6.45, 7) is 11.1. The molecule has 0 amide bonds. The van der Waals surface area contributed by atoms with Gasteiger partial charge in [0.2, 0.25) is 0 Å². The Morgan fingerprint density at radius 2 is 1.95 bits per heavy atom. The molecule has 2 aliphatic rings. The SMILES string of the molecule is CCCN(CC1CN(CC)CCO1)C1CCC(N)CC1. The fourth-order valence-corrected chi connectivity index (χ4v) is 3.62. The summed E-state index contributed by atoms with van der Waals surface area (Å²) in [4.78, 5) is 5.19. The maximum Gasteiger partial charge on any atom is 0.0829 e. The topological polar surface area (TPSA) is 41.7 Å². The van der Waals surface area contributed by atoms with Gasteiger partial charge < -0.3 is 10.5 Å². The van der Waals surface area contributed by atoms with Gasteiger partial charge in [-0.15, -0.1) is 0 Å². The highest BCUT2D eigenvalue weighted by molar-refractivity contribution is 4.84. The van der Waals surface area contributed by atoms with Crippen LogP contribution in [0.3, 0.4) is 0 Å². The van der Waals surface area contributed by atoms with E-state index < -0.39 is 0 Å². The number of rotatable bonds is 6. The Bertz CT molecular complexity index is 266. The summed E-state index contributed by atoms with van der Waals surface area (Å²) in [6.07, 6.45) is 6.55. The second-order valence-corrected chi connectivity index (χ2v) is 6.45. The quantitative estimate of drug-likeness (QED) is 0.805. The van der Waals surface area contributed by atoms with E-state index in [1.807, 2.05) is 0 Å². The molecule has 20 heavy (non-hydrogen) atoms. The molecule has 0 spiro atoms. The van der Waals surface area contributed by atoms with Gasteiger partial charge >= 0.3 is 0 Å². The van der Waals surface area contributed by atoms with E-state index in [4.69, 9.17) is 10.5 Å². The van der Waals surface area contributed by atoms with Gasteiger partial charge in [-0.05, 0) is 45.2 Å². The van der Waals surface area contributed by atoms with E-state index in [1.165, 1.54) is 38.6 Å². The van der Waals surface area contributed by atoms with Gasteiger partial charge in [0.15, 0.2) is 0 Å². The lowest BCUT2D eigenvalue weighted by Crippen LogP contribution is -2.50. The number of nitrogens with two attached hydrogens (primary N) is 1. The molecule has 4 nitrogen and oxygen atoms in total. The van der Waals surface area contributed by atoms with Crippen LogP contribution in [-0.2, 0) is 4.74 Å². The van der Waals surface area contributed by atoms with Gasteiger partial charge in [0.25, 0.3) is 0 Å². The van der Waals surface area contributed by atoms with Crippen LogP contribution in [0.2, 0.25) is 0 Å². The number of nitrogens with zero attached hydrogens (tertiary/aromatic N) is 2. The largest absolute Gasteiger partial charge is 0.374 e. The highest BCUT2D eigenvalue weighted by atomic mass is 16.5. The van der Waals surface area contributed by atoms with E-state index >= 15 is 0 Å². The van der Waals surface area contributed by atoms with Crippen molar-refractivity contribution in [2.75, 3.05) is 39.3 Å². The summed E-state index contributed by atoms with van der Waals surface area (Å²) >= 11 is 0. The van der Waals surface area contributed by atoms with Crippen molar-refractivity contribution in [3.8, 4) is 0 Å². The molecule has 1 saturated heterocycles. The molecule has 0 aromatic carbocycles. The number of ether oxygens (including phenoxy) is 1. The van der Waals surface area contributed by atoms with Crippen molar-refractivity contribution in [1.29, 1.82) is 0 Å². The van der Waals surface area contributed by atoms with E-state index in [2.05, 4.69) is 23.6 Å². The van der Waals surface area contributed by atoms with Crippen LogP contribution in [-0.4, -0.2) is 67.3 Å². The van der Waals surface area contributed by atoms with Crippen molar-refractivity contribution in [3.63, 3.8) is 0 Å². The Morgan fingerprint density at radius 3 is 2.60 bits per heavy atom. The van der Waals surface area contributed by atoms with Crippen LogP contribution in [0.4, 0.5) is 0 Å². The summed E-state index contributed by atoms with van der Waals surface area (Å²) in [5.41, 5.74) is 6.04. The molecule has 1 aliphatic heterocycles. The first kappa shape index (κ1) is 16.2. The number of hydrogen-bond donors (Lipinski definition) is 1. The van der Waals surface area contributed by atoms with Crippen molar-refractivity contribution in [2.24, 2.45) is 5.73 Å². The molecule has 0 aromatic rings. The first-order valence-electron chi connectivity index (χ1n) is 8.56. The molecule has 2 N–H and O–H groups in total. The van der Waals surface area contributed by atoms with Crippen molar-refractivity contribution in [3.05, 3.63) is 0 Å². The van der Waals surface area contributed by atoms with Crippen molar-refractivity contribution in [1.82, 2.24) is 9.80 Å². The highest BCUT2D eigenvalue weighted by Gasteiger charge is 2.27. The third kappa shape index (κ3) is 4.69. The summed E-state index contributed by atoms with van der Waals surface area (Å²) in [7, 11) is 0. The Labute approximate surface area is 124 Å². The van der Waals surface area contributed by atoms with Gasteiger partial charge in [-0.1, -0.05) is 13.8 Å². The number of likely N-dealkylation sites (N-methyl/N-ethyl adjacent to an activating group) is 1. The standard InChI is InChI=1S/C16H33N3O/c1-3-9-19(15-7-5-14(17)6-8-15)13-16-12-18(4-2)10-11-20-16/h14-16H,3-13,17H2,1-2H3. The van der Waals surface area contributed by atoms with Gasteiger partial charge in [-0.2, -0.15) is 0 Å². The second-order valence-electron chi connectivity index (χ2n) is 6.45. The van der Waals surface area contributed by atoms with Crippen LogP contribution in [0.25, 0.3) is 0 Å². The van der Waals surface area contributed by atoms with Gasteiger partial charge in [0.1, 0.15) is 0 Å². The molecule has 1 atom stereocenters. The molecule has 0 radical (unpaired) electrons. The molecule has 1 unspecified atom stereocenters. The average Bonchev–Trinajstić information content (AvgIpc) is 2.48. The summed E-state index contributed by atoms with van der Waals surface area (Å²) < 4.78 is 5.99. The van der Waals surface area contributed by atoms with E-state index in [0.29, 0.717) is 12.1 Å². The molecule has 2 rings (SSSR count). The third-order valence-corrected chi connectivity index (χ3v) is 4.88. The number of hydrogen-bond acceptors (Lipinski definition) is 4. The fraction of sp³-hybridized carbons (Fsp3) is 1.00. The molecule has 2 fully saturated rings. The Balaban J connectivity index is 1.84. The van der Waals surface area contributed by atoms with Crippen molar-refractivity contribution >= 4 is 0 Å². The van der Waals surface area contributed by atoms with Gasteiger partial charge in [-0.25, -0.2) is 0 Å². The van der Waals surface area contributed by atoms with Crippen LogP contribution in [0, 0.1) is 0 Å². The predicted octanol–water partition coefficient (Wildman–Crippen LogP) is 1.69. The molecule has 1 aliphatic carbocycles. The minimum absolute atomic E-state index is 0.394. The van der Waals surface area contributed by atoms with E-state index in [0.717, 1.165) is 38.8 Å². The maximum atomic E-state index is 6.04. The molecule has 118 valence electrons. The Morgan fingerprint density at radius 1 is 1.20 bits per heavy atom. The van der Waals surface area contributed by atoms with Crippen LogP contribution < -0.4 is 5.73 Å². The third-order valence-electron chi connectivity index (χ3n) is 4.88. The van der Waals surface area contributed by atoms with Crippen LogP contribution in [0.5, 0.6) is 0 Å². The maximum absolute atomic E-state index is 6.04. The smallest absolute Gasteiger partial charge is 0.0829 e. The van der Waals surface area contributed by atoms with Crippen molar-refractivity contribution < 1.29 is 4.74 Å². The van der Waals surface area contributed by atoms with E-state index in [9.17, 15) is 0 Å². The monoisotopic (exact) mass is 283 g/mol. The number of morpholine rings is 1. The molecule has 1 heterocycles. The molecule has 0 aromatic heterocycles. The van der Waals surface area contributed by atoms with E-state index in [-0.39, 0.29) is 0 Å². The zero-order valence-electron chi connectivity index (χ0n) is 13.4. The van der Waals surface area contributed by atoms with Crippen molar-refractivity contribution in [2.45, 2.75) is 64.1 Å². The Kier molecular flexibility index (Phi) is 6.75. The Hall–Kier alpha value is -0.160. The molecular formula is C16H33N3O. The normalized spacial score (nSPS) is 32.7. The van der Waals surface area contributed by atoms with Crippen LogP contribution >= 0.6 is 0 Å². The van der Waals surface area contributed by atoms with Gasteiger partial charge in [-0.3, -0.25) is 9.80 Å². The predicted molar refractivity (Wildman–Crippen MR) is 83.9 cm³/mol. The van der Waals surface area contributed by atoms with Crippen LogP contribution in [0.1, 0.15) is 46.0 Å².